The van der Waals surface area contributed by atoms with Gasteiger partial charge in [-0.3, -0.25) is 4.68 Å². The van der Waals surface area contributed by atoms with Crippen molar-refractivity contribution in [1.29, 1.82) is 0 Å². The van der Waals surface area contributed by atoms with Gasteiger partial charge in [-0.15, -0.1) is 11.3 Å². The highest BCUT2D eigenvalue weighted by atomic mass is 32.1. The van der Waals surface area contributed by atoms with Gasteiger partial charge in [-0.25, -0.2) is 19.4 Å². The van der Waals surface area contributed by atoms with Gasteiger partial charge < -0.3 is 4.74 Å². The molecule has 0 saturated carbocycles. The van der Waals surface area contributed by atoms with E-state index in [1.54, 1.807) is 28.8 Å². The minimum Gasteiger partial charge on any atom is -0.459 e. The Morgan fingerprint density at radius 2 is 2.27 bits per heavy atom. The summed E-state index contributed by atoms with van der Waals surface area (Å²) in [7, 11) is 1.84. The number of esters is 1. The van der Waals surface area contributed by atoms with Crippen molar-refractivity contribution in [1.82, 2.24) is 29.5 Å². The van der Waals surface area contributed by atoms with Gasteiger partial charge in [0.15, 0.2) is 0 Å². The number of rotatable bonds is 5. The smallest absolute Gasteiger partial charge is 0.350 e. The molecule has 0 unspecified atom stereocenters. The Kier molecular flexibility index (Phi) is 3.96. The Hall–Kier alpha value is -2.55. The fourth-order valence-electron chi connectivity index (χ4n) is 1.89. The van der Waals surface area contributed by atoms with Crippen LogP contribution in [0.5, 0.6) is 0 Å². The third kappa shape index (κ3) is 3.03. The molecular weight excluding hydrogens is 304 g/mol. The molecule has 0 radical (unpaired) electrons. The predicted octanol–water partition coefficient (Wildman–Crippen LogP) is 1.30. The number of nitrogens with zero attached hydrogens (tertiary/aromatic N) is 6. The summed E-state index contributed by atoms with van der Waals surface area (Å²) in [4.78, 5) is 20.9. The van der Waals surface area contributed by atoms with Crippen LogP contribution in [0.4, 0.5) is 0 Å². The Labute approximate surface area is 130 Å². The lowest BCUT2D eigenvalue weighted by Crippen LogP contribution is -2.11. The second-order valence-corrected chi connectivity index (χ2v) is 5.63. The van der Waals surface area contributed by atoms with Crippen molar-refractivity contribution >= 4 is 17.3 Å². The van der Waals surface area contributed by atoms with Crippen molar-refractivity contribution in [2.45, 2.75) is 13.5 Å². The Bertz CT molecular complexity index is 776. The van der Waals surface area contributed by atoms with Crippen LogP contribution in [0.25, 0.3) is 10.6 Å². The number of carbonyl (C=O) groups excluding carboxylic acids is 1. The molecule has 3 heterocycles. The molecule has 0 aliphatic carbocycles. The summed E-state index contributed by atoms with van der Waals surface area (Å²) in [6, 6.07) is 0. The molecule has 0 saturated heterocycles. The SMILES string of the molecule is Cc1nc(-c2cnn(C)c2)sc1C(=O)OCCn1cncn1. The highest BCUT2D eigenvalue weighted by molar-refractivity contribution is 7.17. The topological polar surface area (TPSA) is 87.7 Å². The molecule has 0 spiro atoms. The van der Waals surface area contributed by atoms with Gasteiger partial charge in [0.1, 0.15) is 29.1 Å². The summed E-state index contributed by atoms with van der Waals surface area (Å²) in [6.45, 7) is 2.51. The number of carbonyl (C=O) groups is 1. The summed E-state index contributed by atoms with van der Waals surface area (Å²) in [6.07, 6.45) is 6.60. The zero-order valence-corrected chi connectivity index (χ0v) is 12.9. The number of aromatic nitrogens is 6. The fourth-order valence-corrected chi connectivity index (χ4v) is 2.82. The Morgan fingerprint density at radius 1 is 1.41 bits per heavy atom. The third-order valence-electron chi connectivity index (χ3n) is 2.95. The molecule has 22 heavy (non-hydrogen) atoms. The first-order valence-electron chi connectivity index (χ1n) is 6.59. The normalized spacial score (nSPS) is 10.8. The molecule has 0 amide bonds. The molecule has 0 aliphatic rings. The standard InChI is InChI=1S/C13H14N6O2S/c1-9-11(13(20)21-4-3-19-8-14-7-16-19)22-12(17-9)10-5-15-18(2)6-10/h5-8H,3-4H2,1-2H3. The minimum absolute atomic E-state index is 0.238. The molecule has 0 aromatic carbocycles. The third-order valence-corrected chi connectivity index (χ3v) is 4.14. The summed E-state index contributed by atoms with van der Waals surface area (Å²) < 4.78 is 8.56. The lowest BCUT2D eigenvalue weighted by Gasteiger charge is -2.03. The monoisotopic (exact) mass is 318 g/mol. The van der Waals surface area contributed by atoms with Gasteiger partial charge in [0, 0.05) is 18.8 Å². The fraction of sp³-hybridized carbons (Fsp3) is 0.308. The van der Waals surface area contributed by atoms with E-state index in [0.29, 0.717) is 17.1 Å². The first-order chi connectivity index (χ1) is 10.6. The molecule has 9 heteroatoms. The van der Waals surface area contributed by atoms with Crippen LogP contribution in [0.1, 0.15) is 15.4 Å². The largest absolute Gasteiger partial charge is 0.459 e. The maximum Gasteiger partial charge on any atom is 0.350 e. The molecule has 0 aliphatic heterocycles. The van der Waals surface area contributed by atoms with Gasteiger partial charge >= 0.3 is 5.97 Å². The molecule has 0 N–H and O–H groups in total. The van der Waals surface area contributed by atoms with Crippen LogP contribution >= 0.6 is 11.3 Å². The van der Waals surface area contributed by atoms with E-state index in [4.69, 9.17) is 4.74 Å². The van der Waals surface area contributed by atoms with E-state index < -0.39 is 0 Å². The van der Waals surface area contributed by atoms with E-state index in [1.165, 1.54) is 17.7 Å². The van der Waals surface area contributed by atoms with Crippen molar-refractivity contribution in [3.8, 4) is 10.6 Å². The van der Waals surface area contributed by atoms with Crippen LogP contribution < -0.4 is 0 Å². The molecule has 0 bridgehead atoms. The highest BCUT2D eigenvalue weighted by Gasteiger charge is 2.18. The van der Waals surface area contributed by atoms with E-state index >= 15 is 0 Å². The molecule has 0 fully saturated rings. The Balaban J connectivity index is 1.66. The van der Waals surface area contributed by atoms with Gasteiger partial charge in [0.25, 0.3) is 0 Å². The van der Waals surface area contributed by atoms with Gasteiger partial charge in [-0.1, -0.05) is 0 Å². The number of aryl methyl sites for hydroxylation is 2. The lowest BCUT2D eigenvalue weighted by atomic mass is 10.3. The molecule has 0 atom stereocenters. The molecular formula is C13H14N6O2S. The van der Waals surface area contributed by atoms with Crippen molar-refractivity contribution in [3.63, 3.8) is 0 Å². The van der Waals surface area contributed by atoms with Crippen molar-refractivity contribution < 1.29 is 9.53 Å². The second-order valence-electron chi connectivity index (χ2n) is 4.63. The zero-order valence-electron chi connectivity index (χ0n) is 12.1. The average Bonchev–Trinajstić information content (AvgIpc) is 3.19. The lowest BCUT2D eigenvalue weighted by molar-refractivity contribution is 0.0492. The molecule has 114 valence electrons. The van der Waals surface area contributed by atoms with Crippen LogP contribution in [-0.2, 0) is 18.3 Å². The maximum atomic E-state index is 12.1. The Morgan fingerprint density at radius 3 is 2.95 bits per heavy atom. The minimum atomic E-state index is -0.370. The van der Waals surface area contributed by atoms with Gasteiger partial charge in [0.2, 0.25) is 0 Å². The molecule has 3 rings (SSSR count). The predicted molar refractivity (Wildman–Crippen MR) is 79.4 cm³/mol. The van der Waals surface area contributed by atoms with Gasteiger partial charge in [-0.2, -0.15) is 10.2 Å². The van der Waals surface area contributed by atoms with Gasteiger partial charge in [0.05, 0.1) is 18.4 Å². The van der Waals surface area contributed by atoms with Crippen LogP contribution in [-0.4, -0.2) is 42.1 Å². The maximum absolute atomic E-state index is 12.1. The summed E-state index contributed by atoms with van der Waals surface area (Å²) in [5.41, 5.74) is 1.55. The summed E-state index contributed by atoms with van der Waals surface area (Å²) >= 11 is 1.31. The van der Waals surface area contributed by atoms with Crippen molar-refractivity contribution in [2.24, 2.45) is 7.05 Å². The van der Waals surface area contributed by atoms with E-state index in [1.807, 2.05) is 13.2 Å². The number of ether oxygens (including phenoxy) is 1. The van der Waals surface area contributed by atoms with Crippen LogP contribution in [0.15, 0.2) is 25.0 Å². The highest BCUT2D eigenvalue weighted by Crippen LogP contribution is 2.27. The van der Waals surface area contributed by atoms with Crippen LogP contribution in [0, 0.1) is 6.92 Å². The zero-order chi connectivity index (χ0) is 15.5. The molecule has 8 nitrogen and oxygen atoms in total. The average molecular weight is 318 g/mol. The van der Waals surface area contributed by atoms with Crippen molar-refractivity contribution in [3.05, 3.63) is 35.6 Å². The van der Waals surface area contributed by atoms with E-state index in [2.05, 4.69) is 20.2 Å². The molecule has 3 aromatic heterocycles. The number of hydrogen-bond acceptors (Lipinski definition) is 7. The van der Waals surface area contributed by atoms with Crippen molar-refractivity contribution in [2.75, 3.05) is 6.61 Å². The van der Waals surface area contributed by atoms with E-state index in [0.717, 1.165) is 10.6 Å². The van der Waals surface area contributed by atoms with E-state index in [9.17, 15) is 4.79 Å². The number of thiazole rings is 1. The summed E-state index contributed by atoms with van der Waals surface area (Å²) in [5, 5.41) is 8.81. The number of hydrogen-bond donors (Lipinski definition) is 0. The quantitative estimate of drug-likeness (QED) is 0.659. The summed E-state index contributed by atoms with van der Waals surface area (Å²) in [5.74, 6) is -0.370. The van der Waals surface area contributed by atoms with Crippen LogP contribution in [0.3, 0.4) is 0 Å². The first kappa shape index (κ1) is 14.4. The second kappa shape index (κ2) is 6.06. The van der Waals surface area contributed by atoms with Crippen LogP contribution in [0.2, 0.25) is 0 Å². The van der Waals surface area contributed by atoms with Gasteiger partial charge in [-0.05, 0) is 6.92 Å². The molecule has 3 aromatic rings. The first-order valence-corrected chi connectivity index (χ1v) is 7.41. The van der Waals surface area contributed by atoms with E-state index in [-0.39, 0.29) is 12.6 Å².